The van der Waals surface area contributed by atoms with Gasteiger partial charge in [0.1, 0.15) is 6.04 Å². The summed E-state index contributed by atoms with van der Waals surface area (Å²) in [5.74, 6) is -0.111. The predicted octanol–water partition coefficient (Wildman–Crippen LogP) is 2.45. The first-order valence-electron chi connectivity index (χ1n) is 6.40. The number of piperidine rings is 1. The van der Waals surface area contributed by atoms with Crippen LogP contribution in [0.2, 0.25) is 0 Å². The van der Waals surface area contributed by atoms with Crippen molar-refractivity contribution >= 4 is 5.97 Å². The lowest BCUT2D eigenvalue weighted by Gasteiger charge is -2.42. The van der Waals surface area contributed by atoms with E-state index in [1.165, 1.54) is 32.8 Å². The molecule has 1 heterocycles. The summed E-state index contributed by atoms with van der Waals surface area (Å²) in [6, 6.07) is -0.0864. The maximum Gasteiger partial charge on any atom is 0.322 e. The number of rotatable bonds is 4. The second-order valence-electron chi connectivity index (χ2n) is 4.94. The van der Waals surface area contributed by atoms with Gasteiger partial charge in [0.15, 0.2) is 0 Å². The van der Waals surface area contributed by atoms with Crippen molar-refractivity contribution in [2.75, 3.05) is 20.2 Å². The summed E-state index contributed by atoms with van der Waals surface area (Å²) in [6.07, 6.45) is 4.93. The van der Waals surface area contributed by atoms with Gasteiger partial charge in [0.05, 0.1) is 7.11 Å². The van der Waals surface area contributed by atoms with Crippen LogP contribution >= 0.6 is 0 Å². The van der Waals surface area contributed by atoms with Crippen molar-refractivity contribution in [2.24, 2.45) is 5.41 Å². The summed E-state index contributed by atoms with van der Waals surface area (Å²) >= 11 is 0. The Kier molecular flexibility index (Phi) is 4.78. The predicted molar refractivity (Wildman–Crippen MR) is 65.3 cm³/mol. The second kappa shape index (κ2) is 5.67. The van der Waals surface area contributed by atoms with Crippen molar-refractivity contribution in [3.05, 3.63) is 0 Å². The highest BCUT2D eigenvalue weighted by molar-refractivity contribution is 5.75. The molecule has 1 fully saturated rings. The van der Waals surface area contributed by atoms with E-state index >= 15 is 0 Å². The first kappa shape index (κ1) is 13.5. The SMILES string of the molecule is CCC1(CC)CCN(C(C)C(=O)OC)CC1. The Labute approximate surface area is 99.1 Å². The smallest absolute Gasteiger partial charge is 0.322 e. The van der Waals surface area contributed by atoms with E-state index in [1.807, 2.05) is 6.92 Å². The van der Waals surface area contributed by atoms with Crippen LogP contribution in [0.15, 0.2) is 0 Å². The third-order valence-corrected chi connectivity index (χ3v) is 4.45. The zero-order valence-electron chi connectivity index (χ0n) is 11.1. The Morgan fingerprint density at radius 3 is 2.19 bits per heavy atom. The number of hydrogen-bond acceptors (Lipinski definition) is 3. The minimum Gasteiger partial charge on any atom is -0.468 e. The van der Waals surface area contributed by atoms with Gasteiger partial charge in [-0.2, -0.15) is 0 Å². The van der Waals surface area contributed by atoms with E-state index in [0.29, 0.717) is 5.41 Å². The molecule has 1 saturated heterocycles. The van der Waals surface area contributed by atoms with E-state index in [2.05, 4.69) is 18.7 Å². The van der Waals surface area contributed by atoms with Gasteiger partial charge in [0.25, 0.3) is 0 Å². The average molecular weight is 227 g/mol. The van der Waals surface area contributed by atoms with Crippen molar-refractivity contribution in [1.29, 1.82) is 0 Å². The van der Waals surface area contributed by atoms with Crippen LogP contribution in [0.3, 0.4) is 0 Å². The Hall–Kier alpha value is -0.570. The fourth-order valence-corrected chi connectivity index (χ4v) is 2.66. The molecule has 1 rings (SSSR count). The Bertz CT molecular complexity index is 226. The Morgan fingerprint density at radius 2 is 1.81 bits per heavy atom. The Balaban J connectivity index is 2.51. The third-order valence-electron chi connectivity index (χ3n) is 4.45. The molecule has 1 aliphatic heterocycles. The van der Waals surface area contributed by atoms with Crippen LogP contribution in [0.1, 0.15) is 46.5 Å². The van der Waals surface area contributed by atoms with Crippen LogP contribution in [0.5, 0.6) is 0 Å². The summed E-state index contributed by atoms with van der Waals surface area (Å²) in [4.78, 5) is 13.7. The standard InChI is InChI=1S/C13H25NO2/c1-5-13(6-2)7-9-14(10-8-13)11(3)12(15)16-4/h11H,5-10H2,1-4H3. The van der Waals surface area contributed by atoms with Gasteiger partial charge >= 0.3 is 5.97 Å². The molecule has 0 aromatic carbocycles. The molecule has 16 heavy (non-hydrogen) atoms. The van der Waals surface area contributed by atoms with Crippen LogP contribution in [-0.4, -0.2) is 37.1 Å². The quantitative estimate of drug-likeness (QED) is 0.691. The van der Waals surface area contributed by atoms with Crippen LogP contribution in [0.4, 0.5) is 0 Å². The van der Waals surface area contributed by atoms with Crippen LogP contribution in [0.25, 0.3) is 0 Å². The van der Waals surface area contributed by atoms with Gasteiger partial charge in [-0.15, -0.1) is 0 Å². The van der Waals surface area contributed by atoms with Gasteiger partial charge in [-0.25, -0.2) is 0 Å². The van der Waals surface area contributed by atoms with Crippen molar-refractivity contribution in [2.45, 2.75) is 52.5 Å². The topological polar surface area (TPSA) is 29.5 Å². The summed E-state index contributed by atoms with van der Waals surface area (Å²) in [7, 11) is 1.46. The molecule has 0 saturated carbocycles. The van der Waals surface area contributed by atoms with Crippen LogP contribution in [0, 0.1) is 5.41 Å². The molecule has 1 unspecified atom stereocenters. The van der Waals surface area contributed by atoms with E-state index < -0.39 is 0 Å². The van der Waals surface area contributed by atoms with Crippen molar-refractivity contribution in [3.63, 3.8) is 0 Å². The zero-order valence-corrected chi connectivity index (χ0v) is 11.1. The number of nitrogens with zero attached hydrogens (tertiary/aromatic N) is 1. The number of likely N-dealkylation sites (tertiary alicyclic amines) is 1. The molecule has 0 aromatic heterocycles. The molecular formula is C13H25NO2. The molecule has 0 amide bonds. The molecule has 1 aliphatic rings. The fourth-order valence-electron chi connectivity index (χ4n) is 2.66. The number of carbonyl (C=O) groups excluding carboxylic acids is 1. The van der Waals surface area contributed by atoms with Crippen molar-refractivity contribution in [1.82, 2.24) is 4.90 Å². The van der Waals surface area contributed by atoms with Crippen molar-refractivity contribution < 1.29 is 9.53 Å². The minimum absolute atomic E-state index is 0.0864. The molecule has 0 aliphatic carbocycles. The normalized spacial score (nSPS) is 22.8. The molecule has 0 N–H and O–H groups in total. The maximum atomic E-state index is 11.4. The fraction of sp³-hybridized carbons (Fsp3) is 0.923. The van der Waals surface area contributed by atoms with E-state index in [0.717, 1.165) is 13.1 Å². The summed E-state index contributed by atoms with van der Waals surface area (Å²) in [5, 5.41) is 0. The molecule has 1 atom stereocenters. The molecule has 0 radical (unpaired) electrons. The van der Waals surface area contributed by atoms with Gasteiger partial charge in [0, 0.05) is 0 Å². The maximum absolute atomic E-state index is 11.4. The molecular weight excluding hydrogens is 202 g/mol. The zero-order chi connectivity index (χ0) is 12.2. The van der Waals surface area contributed by atoms with Crippen LogP contribution in [-0.2, 0) is 9.53 Å². The monoisotopic (exact) mass is 227 g/mol. The van der Waals surface area contributed by atoms with E-state index in [4.69, 9.17) is 4.74 Å². The summed E-state index contributed by atoms with van der Waals surface area (Å²) < 4.78 is 4.79. The van der Waals surface area contributed by atoms with E-state index in [1.54, 1.807) is 0 Å². The number of carbonyl (C=O) groups is 1. The highest BCUT2D eigenvalue weighted by Crippen LogP contribution is 2.38. The summed E-state index contributed by atoms with van der Waals surface area (Å²) in [6.45, 7) is 8.55. The molecule has 94 valence electrons. The lowest BCUT2D eigenvalue weighted by Crippen LogP contribution is -2.47. The summed E-state index contributed by atoms with van der Waals surface area (Å²) in [5.41, 5.74) is 0.520. The lowest BCUT2D eigenvalue weighted by atomic mass is 9.74. The first-order valence-corrected chi connectivity index (χ1v) is 6.40. The third kappa shape index (κ3) is 2.76. The number of hydrogen-bond donors (Lipinski definition) is 0. The van der Waals surface area contributed by atoms with Gasteiger partial charge in [-0.1, -0.05) is 26.7 Å². The number of methoxy groups -OCH3 is 1. The van der Waals surface area contributed by atoms with Gasteiger partial charge in [-0.05, 0) is 38.3 Å². The van der Waals surface area contributed by atoms with Gasteiger partial charge in [0.2, 0.25) is 0 Å². The molecule has 3 heteroatoms. The van der Waals surface area contributed by atoms with Gasteiger partial charge in [-0.3, -0.25) is 9.69 Å². The average Bonchev–Trinajstić information content (AvgIpc) is 2.37. The highest BCUT2D eigenvalue weighted by Gasteiger charge is 2.34. The largest absolute Gasteiger partial charge is 0.468 e. The molecule has 0 bridgehead atoms. The molecule has 3 nitrogen and oxygen atoms in total. The minimum atomic E-state index is -0.111. The molecule has 0 spiro atoms. The van der Waals surface area contributed by atoms with Crippen molar-refractivity contribution in [3.8, 4) is 0 Å². The molecule has 0 aromatic rings. The second-order valence-corrected chi connectivity index (χ2v) is 4.94. The lowest BCUT2D eigenvalue weighted by molar-refractivity contribution is -0.147. The highest BCUT2D eigenvalue weighted by atomic mass is 16.5. The number of esters is 1. The number of ether oxygens (including phenoxy) is 1. The van der Waals surface area contributed by atoms with Crippen LogP contribution < -0.4 is 0 Å². The Morgan fingerprint density at radius 1 is 1.31 bits per heavy atom. The van der Waals surface area contributed by atoms with Gasteiger partial charge < -0.3 is 4.74 Å². The van der Waals surface area contributed by atoms with E-state index in [-0.39, 0.29) is 12.0 Å². The first-order chi connectivity index (χ1) is 7.58. The van der Waals surface area contributed by atoms with E-state index in [9.17, 15) is 4.79 Å².